The molecular weight excluding hydrogens is 188 g/mol. The second kappa shape index (κ2) is 13.0. The minimum Gasteiger partial charge on any atom is -0.491 e. The van der Waals surface area contributed by atoms with Crippen LogP contribution in [0, 0.1) is 0 Å². The van der Waals surface area contributed by atoms with E-state index in [0.717, 1.165) is 6.61 Å². The largest absolute Gasteiger partial charge is 0.491 e. The zero-order valence-corrected chi connectivity index (χ0v) is 10.5. The van der Waals surface area contributed by atoms with E-state index in [2.05, 4.69) is 13.2 Å². The summed E-state index contributed by atoms with van der Waals surface area (Å²) in [4.78, 5) is 0. The molecule has 0 spiro atoms. The molecule has 2 nitrogen and oxygen atoms in total. The van der Waals surface area contributed by atoms with Crippen molar-refractivity contribution in [3.63, 3.8) is 0 Å². The van der Waals surface area contributed by atoms with Crippen molar-refractivity contribution >= 4 is 0 Å². The lowest BCUT2D eigenvalue weighted by atomic mass is 10.4. The number of ether oxygens (including phenoxy) is 2. The van der Waals surface area contributed by atoms with Crippen LogP contribution in [-0.2, 0) is 9.47 Å². The fourth-order valence-corrected chi connectivity index (χ4v) is 0.588. The Morgan fingerprint density at radius 2 is 1.93 bits per heavy atom. The summed E-state index contributed by atoms with van der Waals surface area (Å²) in [6.45, 7) is 16.6. The van der Waals surface area contributed by atoms with Gasteiger partial charge in [-0.2, -0.15) is 0 Å². The Bertz CT molecular complexity index is 179. The molecule has 1 fully saturated rings. The quantitative estimate of drug-likeness (QED) is 0.393. The van der Waals surface area contributed by atoms with Crippen molar-refractivity contribution in [2.75, 3.05) is 13.2 Å². The predicted molar refractivity (Wildman–Crippen MR) is 66.9 cm³/mol. The molecule has 1 unspecified atom stereocenters. The second-order valence-corrected chi connectivity index (χ2v) is 2.33. The molecule has 1 aliphatic heterocycles. The monoisotopic (exact) mass is 212 g/mol. The Morgan fingerprint density at radius 3 is 2.33 bits per heavy atom. The van der Waals surface area contributed by atoms with Gasteiger partial charge in [-0.3, -0.25) is 0 Å². The molecular formula is C13H24O2. The average molecular weight is 212 g/mol. The molecule has 1 rings (SSSR count). The minimum atomic E-state index is 0.295. The average Bonchev–Trinajstić information content (AvgIpc) is 3.13. The van der Waals surface area contributed by atoms with E-state index in [4.69, 9.17) is 9.47 Å². The van der Waals surface area contributed by atoms with Crippen LogP contribution in [0.25, 0.3) is 0 Å². The van der Waals surface area contributed by atoms with Crippen LogP contribution in [0.3, 0.4) is 0 Å². The van der Waals surface area contributed by atoms with Crippen molar-refractivity contribution in [1.29, 1.82) is 0 Å². The lowest BCUT2D eigenvalue weighted by molar-refractivity contribution is 0.194. The first-order valence-electron chi connectivity index (χ1n) is 5.55. The molecule has 15 heavy (non-hydrogen) atoms. The third-order valence-electron chi connectivity index (χ3n) is 1.28. The first-order chi connectivity index (χ1) is 7.33. The van der Waals surface area contributed by atoms with Gasteiger partial charge in [0.05, 0.1) is 6.61 Å². The van der Waals surface area contributed by atoms with Crippen LogP contribution in [-0.4, -0.2) is 19.3 Å². The number of hydrogen-bond donors (Lipinski definition) is 0. The lowest BCUT2D eigenvalue weighted by Gasteiger charge is -2.00. The summed E-state index contributed by atoms with van der Waals surface area (Å²) < 4.78 is 10.2. The summed E-state index contributed by atoms with van der Waals surface area (Å²) in [7, 11) is 0. The molecule has 1 atom stereocenters. The Labute approximate surface area is 94.3 Å². The number of allylic oxidation sites excluding steroid dienone is 3. The van der Waals surface area contributed by atoms with Crippen LogP contribution < -0.4 is 0 Å². The van der Waals surface area contributed by atoms with E-state index in [1.165, 1.54) is 0 Å². The van der Waals surface area contributed by atoms with E-state index >= 15 is 0 Å². The molecule has 0 saturated carbocycles. The molecule has 0 aromatic carbocycles. The summed E-state index contributed by atoms with van der Waals surface area (Å²) >= 11 is 0. The van der Waals surface area contributed by atoms with Crippen LogP contribution >= 0.6 is 0 Å². The fourth-order valence-electron chi connectivity index (χ4n) is 0.588. The van der Waals surface area contributed by atoms with Crippen molar-refractivity contribution in [2.24, 2.45) is 0 Å². The van der Waals surface area contributed by atoms with Crippen molar-refractivity contribution in [3.8, 4) is 0 Å². The van der Waals surface area contributed by atoms with E-state index in [-0.39, 0.29) is 0 Å². The molecule has 0 aliphatic carbocycles. The van der Waals surface area contributed by atoms with Gasteiger partial charge < -0.3 is 9.47 Å². The first-order valence-corrected chi connectivity index (χ1v) is 5.55. The second-order valence-electron chi connectivity index (χ2n) is 2.33. The summed E-state index contributed by atoms with van der Waals surface area (Å²) in [6, 6.07) is 0. The van der Waals surface area contributed by atoms with Gasteiger partial charge in [0.25, 0.3) is 0 Å². The van der Waals surface area contributed by atoms with E-state index in [0.29, 0.717) is 18.5 Å². The van der Waals surface area contributed by atoms with Crippen LogP contribution in [0.1, 0.15) is 27.7 Å². The molecule has 0 aromatic rings. The molecule has 2 heteroatoms. The third kappa shape index (κ3) is 13.0. The molecule has 0 radical (unpaired) electrons. The van der Waals surface area contributed by atoms with Crippen LogP contribution in [0.5, 0.6) is 0 Å². The van der Waals surface area contributed by atoms with Crippen molar-refractivity contribution < 1.29 is 9.47 Å². The molecule has 1 aliphatic rings. The van der Waals surface area contributed by atoms with Crippen molar-refractivity contribution in [2.45, 2.75) is 33.8 Å². The Morgan fingerprint density at radius 1 is 1.40 bits per heavy atom. The normalized spacial score (nSPS) is 16.7. The van der Waals surface area contributed by atoms with E-state index in [1.54, 1.807) is 18.2 Å². The van der Waals surface area contributed by atoms with Gasteiger partial charge in [-0.1, -0.05) is 53.0 Å². The van der Waals surface area contributed by atoms with Crippen molar-refractivity contribution in [3.05, 3.63) is 37.1 Å². The molecule has 0 aromatic heterocycles. The Hall–Kier alpha value is -1.02. The number of epoxide rings is 1. The first kappa shape index (κ1) is 16.4. The predicted octanol–water partition coefficient (Wildman–Crippen LogP) is 3.71. The van der Waals surface area contributed by atoms with Gasteiger partial charge in [0.1, 0.15) is 18.5 Å². The summed E-state index contributed by atoms with van der Waals surface area (Å²) in [5, 5.41) is 0. The maximum absolute atomic E-state index is 5.21. The van der Waals surface area contributed by atoms with Crippen molar-refractivity contribution in [1.82, 2.24) is 0 Å². The SMILES string of the molecule is C=C/C=C\C(=C)OCC1CO1.CC.CC. The van der Waals surface area contributed by atoms with Crippen LogP contribution in [0.2, 0.25) is 0 Å². The molecule has 1 saturated heterocycles. The zero-order chi connectivity index (χ0) is 12.1. The lowest BCUT2D eigenvalue weighted by Crippen LogP contribution is -1.98. The topological polar surface area (TPSA) is 21.8 Å². The highest BCUT2D eigenvalue weighted by Gasteiger charge is 2.22. The number of hydrogen-bond acceptors (Lipinski definition) is 2. The van der Waals surface area contributed by atoms with Gasteiger partial charge in [-0.05, 0) is 6.08 Å². The molecule has 0 amide bonds. The van der Waals surface area contributed by atoms with Gasteiger partial charge in [-0.25, -0.2) is 0 Å². The minimum absolute atomic E-state index is 0.295. The maximum Gasteiger partial charge on any atom is 0.117 e. The van der Waals surface area contributed by atoms with E-state index < -0.39 is 0 Å². The summed E-state index contributed by atoms with van der Waals surface area (Å²) in [5.41, 5.74) is 0. The van der Waals surface area contributed by atoms with Gasteiger partial charge in [-0.15, -0.1) is 0 Å². The van der Waals surface area contributed by atoms with Crippen LogP contribution in [0.15, 0.2) is 37.1 Å². The third-order valence-corrected chi connectivity index (χ3v) is 1.28. The Kier molecular flexibility index (Phi) is 14.2. The summed E-state index contributed by atoms with van der Waals surface area (Å²) in [6.07, 6.45) is 5.54. The van der Waals surface area contributed by atoms with E-state index in [1.807, 2.05) is 27.7 Å². The smallest absolute Gasteiger partial charge is 0.117 e. The highest BCUT2D eigenvalue weighted by Crippen LogP contribution is 2.10. The van der Waals surface area contributed by atoms with Gasteiger partial charge >= 0.3 is 0 Å². The molecule has 0 bridgehead atoms. The zero-order valence-electron chi connectivity index (χ0n) is 10.5. The van der Waals surface area contributed by atoms with Crippen LogP contribution in [0.4, 0.5) is 0 Å². The fraction of sp³-hybridized carbons (Fsp3) is 0.538. The van der Waals surface area contributed by atoms with Gasteiger partial charge in [0, 0.05) is 0 Å². The van der Waals surface area contributed by atoms with Gasteiger partial charge in [0.2, 0.25) is 0 Å². The highest BCUT2D eigenvalue weighted by molar-refractivity contribution is 5.12. The number of rotatable bonds is 5. The Balaban J connectivity index is 0. The highest BCUT2D eigenvalue weighted by atomic mass is 16.6. The molecule has 1 heterocycles. The maximum atomic E-state index is 5.21. The standard InChI is InChI=1S/C9H12O2.2C2H6/c1-3-4-5-8(2)10-6-9-7-11-9;2*1-2/h3-5,9H,1-2,6-7H2;2*1-2H3/b5-4-;;. The molecule has 0 N–H and O–H groups in total. The summed E-state index contributed by atoms with van der Waals surface area (Å²) in [5.74, 6) is 0.653. The van der Waals surface area contributed by atoms with Gasteiger partial charge in [0.15, 0.2) is 0 Å². The van der Waals surface area contributed by atoms with E-state index in [9.17, 15) is 0 Å². The molecule has 88 valence electrons.